The summed E-state index contributed by atoms with van der Waals surface area (Å²) >= 11 is 0. The minimum atomic E-state index is -3.43. The van der Waals surface area contributed by atoms with Crippen molar-refractivity contribution in [1.82, 2.24) is 9.21 Å². The summed E-state index contributed by atoms with van der Waals surface area (Å²) in [6.45, 7) is 3.65. The lowest BCUT2D eigenvalue weighted by atomic mass is 9.74. The van der Waals surface area contributed by atoms with Gasteiger partial charge >= 0.3 is 0 Å². The number of aryl methyl sites for hydroxylation is 1. The largest absolute Gasteiger partial charge is 0.394 e. The van der Waals surface area contributed by atoms with Gasteiger partial charge in [-0.25, -0.2) is 8.42 Å². The molecule has 2 saturated heterocycles. The zero-order valence-electron chi connectivity index (χ0n) is 16.7. The van der Waals surface area contributed by atoms with Crippen molar-refractivity contribution in [2.24, 2.45) is 0 Å². The molecule has 1 amide bonds. The van der Waals surface area contributed by atoms with Crippen molar-refractivity contribution in [2.75, 3.05) is 25.4 Å². The Bertz CT molecular complexity index is 1000. The fourth-order valence-electron chi connectivity index (χ4n) is 4.51. The van der Waals surface area contributed by atoms with Crippen molar-refractivity contribution >= 4 is 15.9 Å². The molecule has 1 N–H and O–H groups in total. The first-order chi connectivity index (χ1) is 13.9. The predicted molar refractivity (Wildman–Crippen MR) is 112 cm³/mol. The number of carbonyl (C=O) groups excluding carboxylic acids is 1. The Morgan fingerprint density at radius 2 is 1.62 bits per heavy atom. The third-order valence-electron chi connectivity index (χ3n) is 6.16. The second kappa shape index (κ2) is 7.55. The van der Waals surface area contributed by atoms with Crippen LogP contribution in [0.4, 0.5) is 0 Å². The summed E-state index contributed by atoms with van der Waals surface area (Å²) in [5.41, 5.74) is 4.45. The van der Waals surface area contributed by atoms with Gasteiger partial charge in [-0.1, -0.05) is 54.1 Å². The third-order valence-corrected chi connectivity index (χ3v) is 7.95. The van der Waals surface area contributed by atoms with Gasteiger partial charge in [-0.05, 0) is 30.5 Å². The highest BCUT2D eigenvalue weighted by molar-refractivity contribution is 7.89. The topological polar surface area (TPSA) is 77.9 Å². The van der Waals surface area contributed by atoms with Crippen LogP contribution < -0.4 is 0 Å². The molecule has 2 aromatic rings. The Hall–Kier alpha value is -2.22. The Labute approximate surface area is 171 Å². The van der Waals surface area contributed by atoms with E-state index in [0.29, 0.717) is 0 Å². The number of rotatable bonds is 5. The Balaban J connectivity index is 1.60. The zero-order chi connectivity index (χ0) is 20.8. The average Bonchev–Trinajstić information content (AvgIpc) is 2.70. The summed E-state index contributed by atoms with van der Waals surface area (Å²) in [4.78, 5) is 14.2. The molecule has 4 rings (SSSR count). The van der Waals surface area contributed by atoms with Crippen LogP contribution in [0.1, 0.15) is 24.0 Å². The molecule has 3 atom stereocenters. The molecular weight excluding hydrogens is 388 g/mol. The third kappa shape index (κ3) is 3.47. The number of hydrogen-bond acceptors (Lipinski definition) is 4. The quantitative estimate of drug-likeness (QED) is 0.812. The number of benzene rings is 2. The van der Waals surface area contributed by atoms with Crippen molar-refractivity contribution in [2.45, 2.75) is 31.8 Å². The first-order valence-corrected chi connectivity index (χ1v) is 11.5. The standard InChI is InChI=1S/C22H26N2O4S/c1-3-29(27,28)23-12-19-22(20(14-25)24(19)21(26)13-23)18-10-8-17(9-11-18)16-6-4-15(2)5-7-16/h4-11,19-20,22,25H,3,12-14H2,1-2H3/t19-,20+,22-/m1/s1. The number of aliphatic hydroxyl groups excluding tert-OH is 1. The SMILES string of the molecule is CCS(=O)(=O)N1CC(=O)N2[C@H](C1)[C@@H](c1ccc(-c3ccc(C)cc3)cc1)[C@@H]2CO. The van der Waals surface area contributed by atoms with Gasteiger partial charge in [-0.2, -0.15) is 4.31 Å². The molecule has 0 spiro atoms. The molecule has 2 aromatic carbocycles. The van der Waals surface area contributed by atoms with Gasteiger partial charge in [-0.15, -0.1) is 0 Å². The monoisotopic (exact) mass is 414 g/mol. The Morgan fingerprint density at radius 1 is 1.03 bits per heavy atom. The number of carbonyl (C=O) groups is 1. The van der Waals surface area contributed by atoms with Crippen LogP contribution in [0.15, 0.2) is 48.5 Å². The van der Waals surface area contributed by atoms with E-state index in [0.717, 1.165) is 16.7 Å². The number of sulfonamides is 1. The number of hydrogen-bond donors (Lipinski definition) is 1. The van der Waals surface area contributed by atoms with E-state index in [1.165, 1.54) is 9.87 Å². The molecule has 0 unspecified atom stereocenters. The normalized spacial score (nSPS) is 24.9. The molecule has 0 bridgehead atoms. The van der Waals surface area contributed by atoms with Gasteiger partial charge in [0, 0.05) is 12.5 Å². The van der Waals surface area contributed by atoms with Gasteiger partial charge in [0.1, 0.15) is 0 Å². The van der Waals surface area contributed by atoms with Crippen LogP contribution in [0, 0.1) is 6.92 Å². The number of amides is 1. The van der Waals surface area contributed by atoms with E-state index < -0.39 is 10.0 Å². The van der Waals surface area contributed by atoms with Crippen molar-refractivity contribution < 1.29 is 18.3 Å². The highest BCUT2D eigenvalue weighted by Crippen LogP contribution is 2.43. The first kappa shape index (κ1) is 20.1. The molecule has 2 aliphatic heterocycles. The van der Waals surface area contributed by atoms with Gasteiger partial charge in [0.05, 0.1) is 31.0 Å². The molecule has 154 valence electrons. The molecule has 0 aromatic heterocycles. The van der Waals surface area contributed by atoms with E-state index >= 15 is 0 Å². The van der Waals surface area contributed by atoms with Crippen molar-refractivity contribution in [3.63, 3.8) is 0 Å². The van der Waals surface area contributed by atoms with Crippen molar-refractivity contribution in [1.29, 1.82) is 0 Å². The summed E-state index contributed by atoms with van der Waals surface area (Å²) in [5.74, 6) is -0.331. The van der Waals surface area contributed by atoms with E-state index in [9.17, 15) is 18.3 Å². The van der Waals surface area contributed by atoms with Gasteiger partial charge in [0.2, 0.25) is 15.9 Å². The lowest BCUT2D eigenvalue weighted by molar-refractivity contribution is -0.158. The number of fused-ring (bicyclic) bond motifs is 1. The van der Waals surface area contributed by atoms with Gasteiger partial charge in [-0.3, -0.25) is 4.79 Å². The van der Waals surface area contributed by atoms with Crippen LogP contribution in [0.2, 0.25) is 0 Å². The number of aliphatic hydroxyl groups is 1. The fourth-order valence-corrected chi connectivity index (χ4v) is 5.56. The molecule has 2 aliphatic rings. The second-order valence-corrected chi connectivity index (χ2v) is 10.1. The Kier molecular flexibility index (Phi) is 5.23. The molecule has 2 heterocycles. The maximum Gasteiger partial charge on any atom is 0.238 e. The second-order valence-electron chi connectivity index (χ2n) is 7.83. The summed E-state index contributed by atoms with van der Waals surface area (Å²) in [7, 11) is -3.43. The minimum absolute atomic E-state index is 0.0215. The van der Waals surface area contributed by atoms with Crippen LogP contribution >= 0.6 is 0 Å². The average molecular weight is 415 g/mol. The lowest BCUT2D eigenvalue weighted by Crippen LogP contribution is -2.73. The van der Waals surface area contributed by atoms with Crippen LogP contribution in [0.5, 0.6) is 0 Å². The van der Waals surface area contributed by atoms with E-state index in [4.69, 9.17) is 0 Å². The zero-order valence-corrected chi connectivity index (χ0v) is 17.5. The molecule has 0 aliphatic carbocycles. The highest BCUT2D eigenvalue weighted by atomic mass is 32.2. The first-order valence-electron chi connectivity index (χ1n) is 9.92. The fraction of sp³-hybridized carbons (Fsp3) is 0.409. The van der Waals surface area contributed by atoms with E-state index in [2.05, 4.69) is 31.2 Å². The van der Waals surface area contributed by atoms with Gasteiger partial charge < -0.3 is 10.0 Å². The van der Waals surface area contributed by atoms with Crippen molar-refractivity contribution in [3.8, 4) is 11.1 Å². The van der Waals surface area contributed by atoms with Crippen molar-refractivity contribution in [3.05, 3.63) is 59.7 Å². The summed E-state index contributed by atoms with van der Waals surface area (Å²) in [6, 6.07) is 15.9. The van der Waals surface area contributed by atoms with Crippen LogP contribution in [0.3, 0.4) is 0 Å². The predicted octanol–water partition coefficient (Wildman–Crippen LogP) is 1.98. The molecule has 29 heavy (non-hydrogen) atoms. The molecule has 6 nitrogen and oxygen atoms in total. The molecule has 2 fully saturated rings. The maximum absolute atomic E-state index is 12.6. The lowest BCUT2D eigenvalue weighted by Gasteiger charge is -2.58. The smallest absolute Gasteiger partial charge is 0.238 e. The van der Waals surface area contributed by atoms with Crippen LogP contribution in [-0.4, -0.2) is 66.2 Å². The highest BCUT2D eigenvalue weighted by Gasteiger charge is 2.55. The molecule has 7 heteroatoms. The maximum atomic E-state index is 12.6. The summed E-state index contributed by atoms with van der Waals surface area (Å²) in [6.07, 6.45) is 0. The number of nitrogens with zero attached hydrogens (tertiary/aromatic N) is 2. The summed E-state index contributed by atoms with van der Waals surface area (Å²) in [5, 5.41) is 9.88. The van der Waals surface area contributed by atoms with Gasteiger partial charge in [0.15, 0.2) is 0 Å². The number of piperazine rings is 1. The Morgan fingerprint density at radius 3 is 2.17 bits per heavy atom. The minimum Gasteiger partial charge on any atom is -0.394 e. The van der Waals surface area contributed by atoms with Crippen LogP contribution in [0.25, 0.3) is 11.1 Å². The van der Waals surface area contributed by atoms with E-state index in [1.54, 1.807) is 11.8 Å². The van der Waals surface area contributed by atoms with E-state index in [1.807, 2.05) is 24.3 Å². The molecule has 0 radical (unpaired) electrons. The van der Waals surface area contributed by atoms with E-state index in [-0.39, 0.29) is 49.4 Å². The van der Waals surface area contributed by atoms with Crippen LogP contribution in [-0.2, 0) is 14.8 Å². The molecular formula is C22H26N2O4S. The molecule has 0 saturated carbocycles. The van der Waals surface area contributed by atoms with Gasteiger partial charge in [0.25, 0.3) is 0 Å². The summed E-state index contributed by atoms with van der Waals surface area (Å²) < 4.78 is 25.9.